The second kappa shape index (κ2) is 8.87. The van der Waals surface area contributed by atoms with Crippen LogP contribution in [0.3, 0.4) is 0 Å². The van der Waals surface area contributed by atoms with Crippen molar-refractivity contribution >= 4 is 42.2 Å². The number of fused-ring (bicyclic) bond motifs is 1. The molecule has 0 saturated carbocycles. The number of rotatable bonds is 3. The molecule has 0 spiro atoms. The number of amides is 1. The first-order valence-corrected chi connectivity index (χ1v) is 7.47. The number of pyridine rings is 1. The zero-order chi connectivity index (χ0) is 15.5. The zero-order valence-corrected chi connectivity index (χ0v) is 15.1. The smallest absolute Gasteiger partial charge is 0.241 e. The summed E-state index contributed by atoms with van der Waals surface area (Å²) in [7, 11) is 0. The summed E-state index contributed by atoms with van der Waals surface area (Å²) in [5, 5.41) is 2.89. The normalized spacial score (nSPS) is 14.5. The number of benzene rings is 1. The van der Waals surface area contributed by atoms with Gasteiger partial charge in [0.15, 0.2) is 0 Å². The Kier molecular flexibility index (Phi) is 7.48. The first-order valence-electron chi connectivity index (χ1n) is 7.47. The van der Waals surface area contributed by atoms with Crippen molar-refractivity contribution in [1.82, 2.24) is 9.88 Å². The summed E-state index contributed by atoms with van der Waals surface area (Å²) >= 11 is 0. The largest absolute Gasteiger partial charge is 0.384 e. The van der Waals surface area contributed by atoms with Gasteiger partial charge in [-0.25, -0.2) is 4.98 Å². The fourth-order valence-electron chi connectivity index (χ4n) is 2.74. The molecule has 0 radical (unpaired) electrons. The van der Waals surface area contributed by atoms with Gasteiger partial charge in [0.1, 0.15) is 5.82 Å². The molecule has 5 nitrogen and oxygen atoms in total. The Labute approximate surface area is 154 Å². The summed E-state index contributed by atoms with van der Waals surface area (Å²) in [4.78, 5) is 18.6. The summed E-state index contributed by atoms with van der Waals surface area (Å²) in [6.45, 7) is 3.64. The van der Waals surface area contributed by atoms with E-state index in [2.05, 4.69) is 33.4 Å². The van der Waals surface area contributed by atoms with E-state index in [4.69, 9.17) is 5.73 Å². The quantitative estimate of drug-likeness (QED) is 0.873. The lowest BCUT2D eigenvalue weighted by atomic mass is 9.99. The lowest BCUT2D eigenvalue weighted by Gasteiger charge is -2.32. The highest BCUT2D eigenvalue weighted by Gasteiger charge is 2.25. The van der Waals surface area contributed by atoms with Crippen LogP contribution < -0.4 is 11.1 Å². The molecule has 1 aliphatic rings. The fraction of sp³-hybridized carbons (Fsp3) is 0.294. The van der Waals surface area contributed by atoms with Crippen LogP contribution in [-0.4, -0.2) is 28.4 Å². The summed E-state index contributed by atoms with van der Waals surface area (Å²) in [6, 6.07) is 11.7. The van der Waals surface area contributed by atoms with E-state index in [0.717, 1.165) is 19.5 Å². The van der Waals surface area contributed by atoms with Crippen LogP contribution in [0.25, 0.3) is 0 Å². The maximum absolute atomic E-state index is 12.4. The topological polar surface area (TPSA) is 71.2 Å². The monoisotopic (exact) mass is 368 g/mol. The fourth-order valence-corrected chi connectivity index (χ4v) is 2.74. The molecule has 0 fully saturated rings. The molecule has 0 bridgehead atoms. The van der Waals surface area contributed by atoms with E-state index in [-0.39, 0.29) is 36.8 Å². The maximum Gasteiger partial charge on any atom is 0.241 e. The predicted octanol–water partition coefficient (Wildman–Crippen LogP) is 2.89. The third-order valence-electron chi connectivity index (χ3n) is 4.14. The molecule has 2 heterocycles. The Morgan fingerprint density at radius 3 is 2.58 bits per heavy atom. The molecular formula is C17H22Cl2N4O. The molecule has 1 atom stereocenters. The van der Waals surface area contributed by atoms with E-state index >= 15 is 0 Å². The number of hydrogen-bond acceptors (Lipinski definition) is 4. The average molecular weight is 369 g/mol. The number of nitrogens with zero attached hydrogens (tertiary/aromatic N) is 2. The van der Waals surface area contributed by atoms with Crippen LogP contribution >= 0.6 is 24.8 Å². The third-order valence-corrected chi connectivity index (χ3v) is 4.14. The van der Waals surface area contributed by atoms with Crippen molar-refractivity contribution in [2.75, 3.05) is 17.6 Å². The van der Waals surface area contributed by atoms with Gasteiger partial charge in [-0.2, -0.15) is 0 Å². The van der Waals surface area contributed by atoms with Gasteiger partial charge < -0.3 is 11.1 Å². The zero-order valence-electron chi connectivity index (χ0n) is 13.4. The van der Waals surface area contributed by atoms with E-state index in [9.17, 15) is 4.79 Å². The lowest BCUT2D eigenvalue weighted by Crippen LogP contribution is -2.44. The molecule has 7 heteroatoms. The van der Waals surface area contributed by atoms with Gasteiger partial charge in [0, 0.05) is 13.1 Å². The highest BCUT2D eigenvalue weighted by Crippen LogP contribution is 2.20. The number of nitrogens with one attached hydrogen (secondary N) is 1. The molecule has 24 heavy (non-hydrogen) atoms. The van der Waals surface area contributed by atoms with Gasteiger partial charge in [-0.15, -0.1) is 24.8 Å². The molecule has 1 amide bonds. The van der Waals surface area contributed by atoms with Crippen LogP contribution in [0.1, 0.15) is 18.1 Å². The molecule has 0 aliphatic carbocycles. The second-order valence-electron chi connectivity index (χ2n) is 5.63. The molecule has 3 N–H and O–H groups in total. The third kappa shape index (κ3) is 4.60. The van der Waals surface area contributed by atoms with Crippen molar-refractivity contribution in [3.8, 4) is 0 Å². The van der Waals surface area contributed by atoms with Crippen LogP contribution in [0.15, 0.2) is 42.6 Å². The predicted molar refractivity (Wildman–Crippen MR) is 102 cm³/mol. The molecule has 1 unspecified atom stereocenters. The van der Waals surface area contributed by atoms with E-state index < -0.39 is 0 Å². The first-order chi connectivity index (χ1) is 10.6. The van der Waals surface area contributed by atoms with Crippen molar-refractivity contribution < 1.29 is 4.79 Å². The number of nitrogen functional groups attached to an aromatic ring is 1. The second-order valence-corrected chi connectivity index (χ2v) is 5.63. The van der Waals surface area contributed by atoms with Crippen molar-refractivity contribution in [3.63, 3.8) is 0 Å². The molecule has 2 aromatic rings. The van der Waals surface area contributed by atoms with E-state index in [1.165, 1.54) is 11.1 Å². The number of anilines is 2. The first kappa shape index (κ1) is 20.2. The van der Waals surface area contributed by atoms with Gasteiger partial charge in [0.05, 0.1) is 17.9 Å². The number of hydrogen-bond donors (Lipinski definition) is 2. The maximum atomic E-state index is 12.4. The minimum absolute atomic E-state index is 0. The number of halogens is 2. The molecular weight excluding hydrogens is 347 g/mol. The van der Waals surface area contributed by atoms with E-state index in [1.807, 2.05) is 13.0 Å². The number of nitrogens with two attached hydrogens (primary N) is 1. The minimum atomic E-state index is -0.189. The van der Waals surface area contributed by atoms with Crippen LogP contribution in [0.5, 0.6) is 0 Å². The van der Waals surface area contributed by atoms with Gasteiger partial charge in [0.2, 0.25) is 5.91 Å². The lowest BCUT2D eigenvalue weighted by molar-refractivity contribution is -0.121. The Balaban J connectivity index is 0.00000144. The highest BCUT2D eigenvalue weighted by atomic mass is 35.5. The van der Waals surface area contributed by atoms with Crippen LogP contribution in [0.4, 0.5) is 11.5 Å². The number of aromatic nitrogens is 1. The van der Waals surface area contributed by atoms with Gasteiger partial charge >= 0.3 is 0 Å². The number of carbonyl (C=O) groups is 1. The van der Waals surface area contributed by atoms with Crippen molar-refractivity contribution in [1.29, 1.82) is 0 Å². The Morgan fingerprint density at radius 2 is 1.92 bits per heavy atom. The standard InChI is InChI=1S/C17H20N4O.2ClH/c1-12(17(22)20-15-6-7-16(18)19-10-15)21-9-8-13-4-2-3-5-14(13)11-21;;/h2-7,10,12H,8-9,11H2,1H3,(H2,18,19)(H,20,22);2*1H. The summed E-state index contributed by atoms with van der Waals surface area (Å²) in [6.07, 6.45) is 2.56. The molecule has 3 rings (SSSR count). The van der Waals surface area contributed by atoms with Gasteiger partial charge in [-0.1, -0.05) is 24.3 Å². The van der Waals surface area contributed by atoms with Crippen LogP contribution in [0, 0.1) is 0 Å². The van der Waals surface area contributed by atoms with Crippen molar-refractivity contribution in [3.05, 3.63) is 53.7 Å². The van der Waals surface area contributed by atoms with Crippen LogP contribution in [0.2, 0.25) is 0 Å². The van der Waals surface area contributed by atoms with Crippen molar-refractivity contribution in [2.45, 2.75) is 25.9 Å². The number of carbonyl (C=O) groups excluding carboxylic acids is 1. The molecule has 0 saturated heterocycles. The van der Waals surface area contributed by atoms with Crippen LogP contribution in [-0.2, 0) is 17.8 Å². The summed E-state index contributed by atoms with van der Waals surface area (Å²) in [5.74, 6) is 0.421. The SMILES string of the molecule is CC(C(=O)Nc1ccc(N)nc1)N1CCc2ccccc2C1.Cl.Cl. The van der Waals surface area contributed by atoms with Gasteiger partial charge in [-0.3, -0.25) is 9.69 Å². The average Bonchev–Trinajstić information content (AvgIpc) is 2.55. The van der Waals surface area contributed by atoms with E-state index in [1.54, 1.807) is 18.3 Å². The molecule has 1 aliphatic heterocycles. The summed E-state index contributed by atoms with van der Waals surface area (Å²) in [5.41, 5.74) is 8.91. The molecule has 1 aromatic heterocycles. The molecule has 1 aromatic carbocycles. The summed E-state index contributed by atoms with van der Waals surface area (Å²) < 4.78 is 0. The van der Waals surface area contributed by atoms with Gasteiger partial charge in [0.25, 0.3) is 0 Å². The Morgan fingerprint density at radius 1 is 1.21 bits per heavy atom. The minimum Gasteiger partial charge on any atom is -0.384 e. The Hall–Kier alpha value is -1.82. The van der Waals surface area contributed by atoms with Crippen molar-refractivity contribution in [2.24, 2.45) is 0 Å². The van der Waals surface area contributed by atoms with Gasteiger partial charge in [-0.05, 0) is 36.6 Å². The molecule has 130 valence electrons. The highest BCUT2D eigenvalue weighted by molar-refractivity contribution is 5.94. The Bertz CT molecular complexity index is 679. The van der Waals surface area contributed by atoms with E-state index in [0.29, 0.717) is 11.5 Å².